The van der Waals surface area contributed by atoms with Crippen molar-refractivity contribution >= 4 is 11.8 Å². The van der Waals surface area contributed by atoms with E-state index in [0.29, 0.717) is 17.8 Å². The number of nitrogens with zero attached hydrogens (tertiary/aromatic N) is 1. The van der Waals surface area contributed by atoms with Gasteiger partial charge in [-0.2, -0.15) is 0 Å². The first-order valence-corrected chi connectivity index (χ1v) is 8.10. The van der Waals surface area contributed by atoms with Gasteiger partial charge >= 0.3 is 0 Å². The van der Waals surface area contributed by atoms with Crippen molar-refractivity contribution in [2.24, 2.45) is 17.8 Å². The van der Waals surface area contributed by atoms with Crippen LogP contribution in [-0.4, -0.2) is 34.8 Å². The number of piperazine rings is 1. The average Bonchev–Trinajstić information content (AvgIpc) is 3.29. The summed E-state index contributed by atoms with van der Waals surface area (Å²) >= 11 is 0. The standard InChI is InChI=1S/C16H26N2O2/c1-4-10(2)9-18-14(19)13(11-5-6-11)17-15(20)16(18,3)12-7-8-12/h10-13H,4-9H2,1-3H3,(H,17,20). The molecule has 0 bridgehead atoms. The molecular formula is C16H26N2O2. The SMILES string of the molecule is CCC(C)CN1C(=O)C(C2CC2)NC(=O)C1(C)C1CC1. The first-order chi connectivity index (χ1) is 9.48. The molecule has 3 aliphatic rings. The Morgan fingerprint density at radius 3 is 2.45 bits per heavy atom. The van der Waals surface area contributed by atoms with Crippen LogP contribution < -0.4 is 5.32 Å². The van der Waals surface area contributed by atoms with Crippen molar-refractivity contribution in [3.63, 3.8) is 0 Å². The fourth-order valence-electron chi connectivity index (χ4n) is 3.39. The zero-order chi connectivity index (χ0) is 14.5. The van der Waals surface area contributed by atoms with Gasteiger partial charge in [0.25, 0.3) is 0 Å². The predicted octanol–water partition coefficient (Wildman–Crippen LogP) is 1.94. The molecule has 20 heavy (non-hydrogen) atoms. The van der Waals surface area contributed by atoms with E-state index in [9.17, 15) is 9.59 Å². The van der Waals surface area contributed by atoms with Crippen molar-refractivity contribution in [1.82, 2.24) is 10.2 Å². The molecule has 2 aliphatic carbocycles. The van der Waals surface area contributed by atoms with Gasteiger partial charge in [-0.15, -0.1) is 0 Å². The third-order valence-electron chi connectivity index (χ3n) is 5.50. The van der Waals surface area contributed by atoms with Gasteiger partial charge < -0.3 is 10.2 Å². The molecule has 4 nitrogen and oxygen atoms in total. The van der Waals surface area contributed by atoms with Gasteiger partial charge in [-0.1, -0.05) is 20.3 Å². The highest BCUT2D eigenvalue weighted by molar-refractivity contribution is 6.00. The number of amides is 2. The second-order valence-corrected chi connectivity index (χ2v) is 7.17. The molecule has 0 radical (unpaired) electrons. The summed E-state index contributed by atoms with van der Waals surface area (Å²) in [4.78, 5) is 27.5. The summed E-state index contributed by atoms with van der Waals surface area (Å²) in [6.45, 7) is 7.01. The minimum atomic E-state index is -0.605. The molecule has 3 rings (SSSR count). The highest BCUT2D eigenvalue weighted by atomic mass is 16.2. The molecule has 2 amide bonds. The van der Waals surface area contributed by atoms with Crippen molar-refractivity contribution in [2.75, 3.05) is 6.54 Å². The summed E-state index contributed by atoms with van der Waals surface area (Å²) in [5.41, 5.74) is -0.605. The van der Waals surface area contributed by atoms with Crippen LogP contribution in [0, 0.1) is 17.8 Å². The van der Waals surface area contributed by atoms with Crippen LogP contribution in [0.15, 0.2) is 0 Å². The lowest BCUT2D eigenvalue weighted by molar-refractivity contribution is -0.159. The molecular weight excluding hydrogens is 252 g/mol. The molecule has 3 fully saturated rings. The molecule has 3 atom stereocenters. The second kappa shape index (κ2) is 4.74. The Hall–Kier alpha value is -1.06. The van der Waals surface area contributed by atoms with E-state index in [-0.39, 0.29) is 17.9 Å². The largest absolute Gasteiger partial charge is 0.342 e. The summed E-state index contributed by atoms with van der Waals surface area (Å²) in [6, 6.07) is -0.251. The summed E-state index contributed by atoms with van der Waals surface area (Å²) in [5, 5.41) is 3.03. The van der Waals surface area contributed by atoms with Crippen LogP contribution in [0.1, 0.15) is 52.9 Å². The van der Waals surface area contributed by atoms with Crippen molar-refractivity contribution in [3.8, 4) is 0 Å². The topological polar surface area (TPSA) is 49.4 Å². The van der Waals surface area contributed by atoms with E-state index < -0.39 is 5.54 Å². The van der Waals surface area contributed by atoms with E-state index in [1.165, 1.54) is 0 Å². The van der Waals surface area contributed by atoms with Gasteiger partial charge in [0.2, 0.25) is 11.8 Å². The number of nitrogens with one attached hydrogen (secondary N) is 1. The Morgan fingerprint density at radius 1 is 1.30 bits per heavy atom. The third kappa shape index (κ3) is 2.13. The van der Waals surface area contributed by atoms with Gasteiger partial charge in [0.05, 0.1) is 0 Å². The monoisotopic (exact) mass is 278 g/mol. The third-order valence-corrected chi connectivity index (χ3v) is 5.50. The van der Waals surface area contributed by atoms with Gasteiger partial charge in [0.15, 0.2) is 0 Å². The zero-order valence-electron chi connectivity index (χ0n) is 12.8. The van der Waals surface area contributed by atoms with Gasteiger partial charge in [-0.25, -0.2) is 0 Å². The van der Waals surface area contributed by atoms with E-state index >= 15 is 0 Å². The fraction of sp³-hybridized carbons (Fsp3) is 0.875. The van der Waals surface area contributed by atoms with E-state index in [1.54, 1.807) is 0 Å². The molecule has 1 saturated heterocycles. The Labute approximate surface area is 121 Å². The Morgan fingerprint density at radius 2 is 1.95 bits per heavy atom. The number of hydrogen-bond acceptors (Lipinski definition) is 2. The number of rotatable bonds is 5. The lowest BCUT2D eigenvalue weighted by Gasteiger charge is -2.47. The van der Waals surface area contributed by atoms with Gasteiger partial charge in [0, 0.05) is 6.54 Å². The quantitative estimate of drug-likeness (QED) is 0.835. The van der Waals surface area contributed by atoms with E-state index in [2.05, 4.69) is 19.2 Å². The molecule has 0 aromatic heterocycles. The van der Waals surface area contributed by atoms with Gasteiger partial charge in [0.1, 0.15) is 11.6 Å². The first kappa shape index (κ1) is 13.9. The Balaban J connectivity index is 1.87. The van der Waals surface area contributed by atoms with Crippen LogP contribution in [0.25, 0.3) is 0 Å². The lowest BCUT2D eigenvalue weighted by Crippen LogP contribution is -2.71. The highest BCUT2D eigenvalue weighted by Crippen LogP contribution is 2.46. The normalized spacial score (nSPS) is 36.0. The second-order valence-electron chi connectivity index (χ2n) is 7.17. The minimum Gasteiger partial charge on any atom is -0.342 e. The molecule has 1 heterocycles. The van der Waals surface area contributed by atoms with E-state index in [0.717, 1.165) is 38.6 Å². The predicted molar refractivity (Wildman–Crippen MR) is 77.0 cm³/mol. The van der Waals surface area contributed by atoms with E-state index in [4.69, 9.17) is 0 Å². The van der Waals surface area contributed by atoms with Crippen LogP contribution in [0.2, 0.25) is 0 Å². The van der Waals surface area contributed by atoms with Crippen LogP contribution in [0.4, 0.5) is 0 Å². The number of carbonyl (C=O) groups is 2. The molecule has 4 heteroatoms. The molecule has 0 aromatic carbocycles. The van der Waals surface area contributed by atoms with Crippen LogP contribution in [0.5, 0.6) is 0 Å². The van der Waals surface area contributed by atoms with Crippen molar-refractivity contribution in [3.05, 3.63) is 0 Å². The van der Waals surface area contributed by atoms with Crippen LogP contribution >= 0.6 is 0 Å². The number of carbonyl (C=O) groups excluding carboxylic acids is 2. The van der Waals surface area contributed by atoms with E-state index in [1.807, 2.05) is 11.8 Å². The summed E-state index contributed by atoms with van der Waals surface area (Å²) in [5.74, 6) is 1.44. The van der Waals surface area contributed by atoms with Crippen molar-refractivity contribution < 1.29 is 9.59 Å². The zero-order valence-corrected chi connectivity index (χ0v) is 12.8. The maximum atomic E-state index is 12.9. The molecule has 0 spiro atoms. The maximum Gasteiger partial charge on any atom is 0.246 e. The van der Waals surface area contributed by atoms with Crippen molar-refractivity contribution in [2.45, 2.75) is 64.5 Å². The maximum absolute atomic E-state index is 12.9. The highest BCUT2D eigenvalue weighted by Gasteiger charge is 2.58. The average molecular weight is 278 g/mol. The molecule has 1 aliphatic heterocycles. The summed E-state index contributed by atoms with van der Waals surface area (Å²) in [7, 11) is 0. The molecule has 112 valence electrons. The minimum absolute atomic E-state index is 0.0832. The molecule has 3 unspecified atom stereocenters. The number of hydrogen-bond donors (Lipinski definition) is 1. The Kier molecular flexibility index (Phi) is 3.30. The van der Waals surface area contributed by atoms with Crippen molar-refractivity contribution in [1.29, 1.82) is 0 Å². The smallest absolute Gasteiger partial charge is 0.246 e. The van der Waals surface area contributed by atoms with Gasteiger partial charge in [-0.05, 0) is 50.4 Å². The Bertz CT molecular complexity index is 428. The van der Waals surface area contributed by atoms with Crippen LogP contribution in [0.3, 0.4) is 0 Å². The van der Waals surface area contributed by atoms with Gasteiger partial charge in [-0.3, -0.25) is 9.59 Å². The first-order valence-electron chi connectivity index (χ1n) is 8.10. The molecule has 0 aromatic rings. The molecule has 2 saturated carbocycles. The lowest BCUT2D eigenvalue weighted by atomic mass is 9.86. The summed E-state index contributed by atoms with van der Waals surface area (Å²) < 4.78 is 0. The molecule has 1 N–H and O–H groups in total. The summed E-state index contributed by atoms with van der Waals surface area (Å²) in [6.07, 6.45) is 5.34. The van der Waals surface area contributed by atoms with Crippen LogP contribution in [-0.2, 0) is 9.59 Å². The fourth-order valence-corrected chi connectivity index (χ4v) is 3.39.